The van der Waals surface area contributed by atoms with Crippen molar-refractivity contribution in [3.05, 3.63) is 24.2 Å². The van der Waals surface area contributed by atoms with Gasteiger partial charge in [0.2, 0.25) is 0 Å². The topological polar surface area (TPSA) is 39.2 Å². The van der Waals surface area contributed by atoms with Crippen LogP contribution in [-0.4, -0.2) is 14.7 Å². The third-order valence-electron chi connectivity index (χ3n) is 1.60. The van der Waals surface area contributed by atoms with Crippen LogP contribution >= 0.6 is 0 Å². The molecule has 0 saturated heterocycles. The SMILES string of the molecule is CC(C)(N)[SiH2]Cc1ccco1. The molecule has 1 heterocycles. The van der Waals surface area contributed by atoms with Crippen LogP contribution in [0, 0.1) is 0 Å². The largest absolute Gasteiger partial charge is 0.470 e. The molecule has 11 heavy (non-hydrogen) atoms. The minimum Gasteiger partial charge on any atom is -0.470 e. The highest BCUT2D eigenvalue weighted by atomic mass is 28.2. The predicted molar refractivity (Wildman–Crippen MR) is 49.2 cm³/mol. The highest BCUT2D eigenvalue weighted by Crippen LogP contribution is 2.03. The molecular formula is C8H15NOSi. The summed E-state index contributed by atoms with van der Waals surface area (Å²) in [7, 11) is -0.235. The Morgan fingerprint density at radius 2 is 2.36 bits per heavy atom. The van der Waals surface area contributed by atoms with Crippen molar-refractivity contribution in [3.8, 4) is 0 Å². The molecule has 2 N–H and O–H groups in total. The highest BCUT2D eigenvalue weighted by Gasteiger charge is 2.11. The summed E-state index contributed by atoms with van der Waals surface area (Å²) in [5, 5.41) is 0.0484. The first-order valence-electron chi connectivity index (χ1n) is 3.89. The lowest BCUT2D eigenvalue weighted by Gasteiger charge is -2.15. The van der Waals surface area contributed by atoms with Crippen LogP contribution in [0.4, 0.5) is 0 Å². The molecule has 0 bridgehead atoms. The average molecular weight is 169 g/mol. The molecule has 0 amide bonds. The van der Waals surface area contributed by atoms with E-state index in [1.165, 1.54) is 0 Å². The minimum absolute atomic E-state index is 0.0484. The molecule has 0 aromatic carbocycles. The number of nitrogens with two attached hydrogens (primary N) is 1. The maximum atomic E-state index is 5.87. The normalized spacial score (nSPS) is 13.0. The van der Waals surface area contributed by atoms with Crippen molar-refractivity contribution >= 4 is 9.52 Å². The second kappa shape index (κ2) is 3.24. The summed E-state index contributed by atoms with van der Waals surface area (Å²) in [5.74, 6) is 1.08. The Morgan fingerprint density at radius 1 is 1.64 bits per heavy atom. The molecule has 2 nitrogen and oxygen atoms in total. The van der Waals surface area contributed by atoms with E-state index in [0.717, 1.165) is 11.8 Å². The van der Waals surface area contributed by atoms with Crippen molar-refractivity contribution in [1.29, 1.82) is 0 Å². The van der Waals surface area contributed by atoms with Crippen LogP contribution < -0.4 is 5.73 Å². The molecule has 0 saturated carbocycles. The Bertz CT molecular complexity index is 200. The van der Waals surface area contributed by atoms with Gasteiger partial charge in [-0.1, -0.05) is 13.8 Å². The molecule has 0 radical (unpaired) electrons. The molecule has 62 valence electrons. The molecule has 1 aromatic rings. The zero-order chi connectivity index (χ0) is 8.32. The van der Waals surface area contributed by atoms with Crippen molar-refractivity contribution < 1.29 is 4.42 Å². The van der Waals surface area contributed by atoms with Crippen molar-refractivity contribution in [3.63, 3.8) is 0 Å². The van der Waals surface area contributed by atoms with Crippen molar-refractivity contribution in [2.45, 2.75) is 25.1 Å². The lowest BCUT2D eigenvalue weighted by atomic mass is 10.4. The van der Waals surface area contributed by atoms with E-state index in [1.54, 1.807) is 6.26 Å². The summed E-state index contributed by atoms with van der Waals surface area (Å²) in [4.78, 5) is 0. The predicted octanol–water partition coefficient (Wildman–Crippen LogP) is 0.643. The van der Waals surface area contributed by atoms with Crippen molar-refractivity contribution in [1.82, 2.24) is 0 Å². The summed E-state index contributed by atoms with van der Waals surface area (Å²) in [5.41, 5.74) is 5.87. The van der Waals surface area contributed by atoms with E-state index in [2.05, 4.69) is 13.8 Å². The Hall–Kier alpha value is -0.543. The van der Waals surface area contributed by atoms with E-state index in [-0.39, 0.29) is 14.7 Å². The van der Waals surface area contributed by atoms with Crippen molar-refractivity contribution in [2.75, 3.05) is 0 Å². The van der Waals surface area contributed by atoms with Gasteiger partial charge in [0, 0.05) is 0 Å². The second-order valence-electron chi connectivity index (χ2n) is 3.57. The van der Waals surface area contributed by atoms with Gasteiger partial charge in [0.25, 0.3) is 0 Å². The fourth-order valence-electron chi connectivity index (χ4n) is 0.900. The minimum atomic E-state index is -0.235. The smallest absolute Gasteiger partial charge is 0.100 e. The van der Waals surface area contributed by atoms with Gasteiger partial charge in [0.15, 0.2) is 0 Å². The molecule has 0 aliphatic carbocycles. The van der Waals surface area contributed by atoms with Gasteiger partial charge in [-0.25, -0.2) is 0 Å². The number of hydrogen-bond donors (Lipinski definition) is 1. The van der Waals surface area contributed by atoms with Gasteiger partial charge in [-0.15, -0.1) is 0 Å². The zero-order valence-electron chi connectivity index (χ0n) is 7.13. The number of furan rings is 1. The molecule has 1 aromatic heterocycles. The third-order valence-corrected chi connectivity index (χ3v) is 3.63. The molecular weight excluding hydrogens is 154 g/mol. The summed E-state index contributed by atoms with van der Waals surface area (Å²) in [6.07, 6.45) is 1.72. The first-order valence-corrected chi connectivity index (χ1v) is 5.60. The Kier molecular flexibility index (Phi) is 2.52. The molecule has 0 unspecified atom stereocenters. The van der Waals surface area contributed by atoms with Gasteiger partial charge in [-0.2, -0.15) is 0 Å². The van der Waals surface area contributed by atoms with E-state index in [0.29, 0.717) is 0 Å². The van der Waals surface area contributed by atoms with Gasteiger partial charge in [-0.05, 0) is 23.3 Å². The maximum Gasteiger partial charge on any atom is 0.100 e. The molecule has 0 aliphatic heterocycles. The molecule has 0 aliphatic rings. The third kappa shape index (κ3) is 3.39. The number of rotatable bonds is 3. The quantitative estimate of drug-likeness (QED) is 0.675. The van der Waals surface area contributed by atoms with Crippen LogP contribution in [0.15, 0.2) is 22.8 Å². The molecule has 0 spiro atoms. The van der Waals surface area contributed by atoms with Gasteiger partial charge < -0.3 is 10.2 Å². The van der Waals surface area contributed by atoms with Gasteiger partial charge >= 0.3 is 0 Å². The second-order valence-corrected chi connectivity index (χ2v) is 6.39. The summed E-state index contributed by atoms with van der Waals surface area (Å²) >= 11 is 0. The van der Waals surface area contributed by atoms with Crippen LogP contribution in [0.5, 0.6) is 0 Å². The van der Waals surface area contributed by atoms with Crippen LogP contribution in [0.25, 0.3) is 0 Å². The molecule has 0 fully saturated rings. The Labute approximate surface area is 69.6 Å². The fraction of sp³-hybridized carbons (Fsp3) is 0.500. The highest BCUT2D eigenvalue weighted by molar-refractivity contribution is 6.39. The monoisotopic (exact) mass is 169 g/mol. The van der Waals surface area contributed by atoms with Gasteiger partial charge in [0.1, 0.15) is 5.76 Å². The van der Waals surface area contributed by atoms with E-state index in [9.17, 15) is 0 Å². The first kappa shape index (κ1) is 8.55. The Morgan fingerprint density at radius 3 is 2.82 bits per heavy atom. The average Bonchev–Trinajstić information content (AvgIpc) is 2.32. The van der Waals surface area contributed by atoms with Crippen LogP contribution in [-0.2, 0) is 6.04 Å². The van der Waals surface area contributed by atoms with Gasteiger partial charge in [-0.3, -0.25) is 0 Å². The van der Waals surface area contributed by atoms with E-state index < -0.39 is 0 Å². The summed E-state index contributed by atoms with van der Waals surface area (Å²) < 4.78 is 5.21. The Balaban J connectivity index is 2.35. The van der Waals surface area contributed by atoms with Crippen LogP contribution in [0.2, 0.25) is 0 Å². The van der Waals surface area contributed by atoms with Gasteiger partial charge in [0.05, 0.1) is 15.8 Å². The van der Waals surface area contributed by atoms with E-state index in [1.807, 2.05) is 12.1 Å². The fourth-order valence-corrected chi connectivity index (χ4v) is 2.08. The maximum absolute atomic E-state index is 5.87. The zero-order valence-corrected chi connectivity index (χ0v) is 8.55. The van der Waals surface area contributed by atoms with Crippen molar-refractivity contribution in [2.24, 2.45) is 5.73 Å². The summed E-state index contributed by atoms with van der Waals surface area (Å²) in [6.45, 7) is 4.17. The van der Waals surface area contributed by atoms with E-state index >= 15 is 0 Å². The standard InChI is InChI=1S/C8H15NOSi/c1-8(2,9)11-6-7-4-3-5-10-7/h3-5H,6,9,11H2,1-2H3. The summed E-state index contributed by atoms with van der Waals surface area (Å²) in [6, 6.07) is 5.00. The number of hydrogen-bond acceptors (Lipinski definition) is 2. The molecule has 3 heteroatoms. The molecule has 0 atom stereocenters. The first-order chi connectivity index (χ1) is 5.08. The lowest BCUT2D eigenvalue weighted by Crippen LogP contribution is -2.40. The molecule has 1 rings (SSSR count). The lowest BCUT2D eigenvalue weighted by molar-refractivity contribution is 0.526. The van der Waals surface area contributed by atoms with E-state index in [4.69, 9.17) is 10.2 Å². The van der Waals surface area contributed by atoms with Crippen LogP contribution in [0.1, 0.15) is 19.6 Å². The van der Waals surface area contributed by atoms with Crippen LogP contribution in [0.3, 0.4) is 0 Å².